The largest absolute Gasteiger partial charge is 0.481 e. The summed E-state index contributed by atoms with van der Waals surface area (Å²) in [5.74, 6) is -0.221. The molecular weight excluding hydrogens is 270 g/mol. The van der Waals surface area contributed by atoms with E-state index in [1.54, 1.807) is 0 Å². The number of rotatable bonds is 7. The molecule has 1 aliphatic heterocycles. The number of ether oxygens (including phenoxy) is 1. The van der Waals surface area contributed by atoms with Crippen LogP contribution in [0.3, 0.4) is 0 Å². The Balaban J connectivity index is 1.84. The van der Waals surface area contributed by atoms with Gasteiger partial charge in [-0.3, -0.25) is 9.59 Å². The summed E-state index contributed by atoms with van der Waals surface area (Å²) in [6.45, 7) is 4.77. The maximum absolute atomic E-state index is 12.8. The molecule has 120 valence electrons. The quantitative estimate of drug-likeness (QED) is 0.732. The predicted octanol–water partition coefficient (Wildman–Crippen LogP) is 2.30. The first-order chi connectivity index (χ1) is 10.1. The van der Waals surface area contributed by atoms with Gasteiger partial charge in [-0.25, -0.2) is 0 Å². The van der Waals surface area contributed by atoms with Gasteiger partial charge in [0.05, 0.1) is 5.41 Å². The van der Waals surface area contributed by atoms with Crippen LogP contribution in [0.25, 0.3) is 0 Å². The molecule has 21 heavy (non-hydrogen) atoms. The van der Waals surface area contributed by atoms with E-state index in [-0.39, 0.29) is 23.7 Å². The molecule has 0 radical (unpaired) electrons. The maximum atomic E-state index is 12.8. The molecule has 2 rings (SSSR count). The summed E-state index contributed by atoms with van der Waals surface area (Å²) in [6, 6.07) is 0. The molecule has 0 aromatic rings. The van der Waals surface area contributed by atoms with Crippen LogP contribution in [0, 0.1) is 11.3 Å². The smallest absolute Gasteiger partial charge is 0.303 e. The number of carbonyl (C=O) groups is 2. The zero-order chi connectivity index (χ0) is 15.3. The molecule has 0 unspecified atom stereocenters. The number of hydrogen-bond acceptors (Lipinski definition) is 3. The summed E-state index contributed by atoms with van der Waals surface area (Å²) in [7, 11) is 0. The summed E-state index contributed by atoms with van der Waals surface area (Å²) < 4.78 is 5.43. The van der Waals surface area contributed by atoms with Crippen molar-refractivity contribution in [1.29, 1.82) is 0 Å². The molecule has 0 bridgehead atoms. The molecule has 1 heterocycles. The lowest BCUT2D eigenvalue weighted by atomic mass is 9.65. The number of carboxylic acids is 1. The van der Waals surface area contributed by atoms with Gasteiger partial charge in [0.2, 0.25) is 5.91 Å². The van der Waals surface area contributed by atoms with Crippen molar-refractivity contribution in [3.63, 3.8) is 0 Å². The van der Waals surface area contributed by atoms with Crippen molar-refractivity contribution in [2.45, 2.75) is 51.9 Å². The number of hydrogen-bond donors (Lipinski definition) is 1. The van der Waals surface area contributed by atoms with Crippen LogP contribution in [0.1, 0.15) is 51.9 Å². The monoisotopic (exact) mass is 297 g/mol. The minimum atomic E-state index is -0.730. The van der Waals surface area contributed by atoms with Crippen LogP contribution in [-0.4, -0.2) is 48.2 Å². The molecule has 1 N–H and O–H groups in total. The molecular formula is C16H27NO4. The minimum absolute atomic E-state index is 0.186. The zero-order valence-electron chi connectivity index (χ0n) is 13.0. The highest BCUT2D eigenvalue weighted by molar-refractivity contribution is 5.83. The Morgan fingerprint density at radius 1 is 1.29 bits per heavy atom. The van der Waals surface area contributed by atoms with E-state index in [0.29, 0.717) is 26.3 Å². The number of carboxylic acid groups (broad SMARTS) is 1. The Labute approximate surface area is 126 Å². The lowest BCUT2D eigenvalue weighted by Crippen LogP contribution is -2.51. The standard InChI is InChI=1S/C16H27NO4/c1-2-21-11-8-16(6-3-7-16)15(20)17-9-4-13(5-10-17)12-14(18)19/h13H,2-12H2,1H3,(H,18,19). The average molecular weight is 297 g/mol. The number of carbonyl (C=O) groups excluding carboxylic acids is 1. The highest BCUT2D eigenvalue weighted by Crippen LogP contribution is 2.46. The van der Waals surface area contributed by atoms with E-state index in [2.05, 4.69) is 0 Å². The predicted molar refractivity (Wildman–Crippen MR) is 79.0 cm³/mol. The Morgan fingerprint density at radius 3 is 2.43 bits per heavy atom. The van der Waals surface area contributed by atoms with Crippen LogP contribution in [0.2, 0.25) is 0 Å². The fourth-order valence-corrected chi connectivity index (χ4v) is 3.51. The second-order valence-corrected chi connectivity index (χ2v) is 6.41. The van der Waals surface area contributed by atoms with Gasteiger partial charge in [-0.2, -0.15) is 0 Å². The van der Waals surface area contributed by atoms with Gasteiger partial charge in [-0.15, -0.1) is 0 Å². The van der Waals surface area contributed by atoms with E-state index in [9.17, 15) is 9.59 Å². The van der Waals surface area contributed by atoms with E-state index in [1.807, 2.05) is 11.8 Å². The van der Waals surface area contributed by atoms with Crippen molar-refractivity contribution in [1.82, 2.24) is 4.90 Å². The van der Waals surface area contributed by atoms with Gasteiger partial charge in [0.15, 0.2) is 0 Å². The first-order valence-electron chi connectivity index (χ1n) is 8.16. The van der Waals surface area contributed by atoms with Crippen molar-refractivity contribution >= 4 is 11.9 Å². The van der Waals surface area contributed by atoms with Gasteiger partial charge in [0.25, 0.3) is 0 Å². The summed E-state index contributed by atoms with van der Waals surface area (Å²) in [5, 5.41) is 8.84. The van der Waals surface area contributed by atoms with Crippen molar-refractivity contribution < 1.29 is 19.4 Å². The number of amides is 1. The van der Waals surface area contributed by atoms with Crippen molar-refractivity contribution in [2.24, 2.45) is 11.3 Å². The Bertz CT molecular complexity index is 370. The van der Waals surface area contributed by atoms with E-state index < -0.39 is 5.97 Å². The van der Waals surface area contributed by atoms with Gasteiger partial charge in [0.1, 0.15) is 0 Å². The third-order valence-corrected chi connectivity index (χ3v) is 5.06. The Morgan fingerprint density at radius 2 is 1.95 bits per heavy atom. The lowest BCUT2D eigenvalue weighted by Gasteiger charge is -2.45. The van der Waals surface area contributed by atoms with Crippen LogP contribution in [0.4, 0.5) is 0 Å². The summed E-state index contributed by atoms with van der Waals surface area (Å²) in [6.07, 6.45) is 5.79. The second kappa shape index (κ2) is 7.25. The number of likely N-dealkylation sites (tertiary alicyclic amines) is 1. The van der Waals surface area contributed by atoms with E-state index in [4.69, 9.17) is 9.84 Å². The normalized spacial score (nSPS) is 21.9. The molecule has 0 aromatic carbocycles. The molecule has 5 nitrogen and oxygen atoms in total. The van der Waals surface area contributed by atoms with E-state index >= 15 is 0 Å². The van der Waals surface area contributed by atoms with Crippen molar-refractivity contribution in [3.05, 3.63) is 0 Å². The van der Waals surface area contributed by atoms with Crippen LogP contribution in [0.5, 0.6) is 0 Å². The maximum Gasteiger partial charge on any atom is 0.303 e. The molecule has 1 aliphatic carbocycles. The molecule has 0 aromatic heterocycles. The first kappa shape index (κ1) is 16.3. The molecule has 2 fully saturated rings. The molecule has 0 atom stereocenters. The van der Waals surface area contributed by atoms with Crippen molar-refractivity contribution in [2.75, 3.05) is 26.3 Å². The third kappa shape index (κ3) is 3.96. The van der Waals surface area contributed by atoms with Gasteiger partial charge in [-0.05, 0) is 44.9 Å². The number of nitrogens with zero attached hydrogens (tertiary/aromatic N) is 1. The third-order valence-electron chi connectivity index (χ3n) is 5.06. The second-order valence-electron chi connectivity index (χ2n) is 6.41. The minimum Gasteiger partial charge on any atom is -0.481 e. The zero-order valence-corrected chi connectivity index (χ0v) is 13.0. The summed E-state index contributed by atoms with van der Waals surface area (Å²) >= 11 is 0. The highest BCUT2D eigenvalue weighted by Gasteiger charge is 2.46. The summed E-state index contributed by atoms with van der Waals surface area (Å²) in [4.78, 5) is 25.5. The highest BCUT2D eigenvalue weighted by atomic mass is 16.5. The fourth-order valence-electron chi connectivity index (χ4n) is 3.51. The van der Waals surface area contributed by atoms with E-state index in [1.165, 1.54) is 0 Å². The number of piperidine rings is 1. The fraction of sp³-hybridized carbons (Fsp3) is 0.875. The molecule has 1 amide bonds. The Hall–Kier alpha value is -1.10. The molecule has 5 heteroatoms. The average Bonchev–Trinajstić information content (AvgIpc) is 2.41. The molecule has 0 spiro atoms. The van der Waals surface area contributed by atoms with Crippen molar-refractivity contribution in [3.8, 4) is 0 Å². The van der Waals surface area contributed by atoms with Gasteiger partial charge >= 0.3 is 5.97 Å². The van der Waals surface area contributed by atoms with Gasteiger partial charge in [0, 0.05) is 32.7 Å². The lowest BCUT2D eigenvalue weighted by molar-refractivity contribution is -0.151. The van der Waals surface area contributed by atoms with E-state index in [0.717, 1.165) is 38.5 Å². The van der Waals surface area contributed by atoms with Crippen LogP contribution < -0.4 is 0 Å². The Kier molecular flexibility index (Phi) is 5.62. The molecule has 2 aliphatic rings. The SMILES string of the molecule is CCOCCC1(C(=O)N2CCC(CC(=O)O)CC2)CCC1. The first-order valence-corrected chi connectivity index (χ1v) is 8.16. The van der Waals surface area contributed by atoms with Crippen LogP contribution >= 0.6 is 0 Å². The number of aliphatic carboxylic acids is 1. The molecule has 1 saturated carbocycles. The molecule has 1 saturated heterocycles. The van der Waals surface area contributed by atoms with Gasteiger partial charge < -0.3 is 14.7 Å². The summed E-state index contributed by atoms with van der Waals surface area (Å²) in [5.41, 5.74) is -0.186. The van der Waals surface area contributed by atoms with Crippen LogP contribution in [0.15, 0.2) is 0 Å². The van der Waals surface area contributed by atoms with Gasteiger partial charge in [-0.1, -0.05) is 6.42 Å². The topological polar surface area (TPSA) is 66.8 Å². The van der Waals surface area contributed by atoms with Crippen LogP contribution in [-0.2, 0) is 14.3 Å².